The molecule has 10 heteroatoms. The molecule has 1 aliphatic rings. The molecule has 0 saturated carbocycles. The molecule has 1 saturated heterocycles. The zero-order chi connectivity index (χ0) is 21.9. The van der Waals surface area contributed by atoms with Crippen LogP contribution in [0.15, 0.2) is 47.4 Å². The summed E-state index contributed by atoms with van der Waals surface area (Å²) < 4.78 is 32.7. The molecule has 30 heavy (non-hydrogen) atoms. The largest absolute Gasteiger partial charge is 0.484 e. The van der Waals surface area contributed by atoms with Crippen LogP contribution in [-0.2, 0) is 14.8 Å². The topological polar surface area (TPSA) is 110 Å². The molecule has 9 nitrogen and oxygen atoms in total. The fraction of sp³-hybridized carbons (Fsp3) is 0.350. The molecule has 0 aromatic heterocycles. The van der Waals surface area contributed by atoms with E-state index in [4.69, 9.17) is 4.74 Å². The Morgan fingerprint density at radius 2 is 1.70 bits per heavy atom. The first-order valence-electron chi connectivity index (χ1n) is 9.41. The summed E-state index contributed by atoms with van der Waals surface area (Å²) in [6.07, 6.45) is 0. The van der Waals surface area contributed by atoms with Crippen molar-refractivity contribution in [1.82, 2.24) is 9.21 Å². The molecule has 160 valence electrons. The van der Waals surface area contributed by atoms with E-state index in [1.54, 1.807) is 24.0 Å². The third-order valence-electron chi connectivity index (χ3n) is 4.98. The van der Waals surface area contributed by atoms with Gasteiger partial charge in [0.05, 0.1) is 9.82 Å². The first-order valence-corrected chi connectivity index (χ1v) is 10.8. The maximum absolute atomic E-state index is 13.0. The third-order valence-corrected chi connectivity index (χ3v) is 7.02. The van der Waals surface area contributed by atoms with E-state index >= 15 is 0 Å². The van der Waals surface area contributed by atoms with Gasteiger partial charge in [-0.05, 0) is 31.5 Å². The molecule has 0 unspecified atom stereocenters. The number of carbonyl (C=O) groups excluding carboxylic acids is 1. The third kappa shape index (κ3) is 4.77. The van der Waals surface area contributed by atoms with Gasteiger partial charge in [-0.15, -0.1) is 0 Å². The second-order valence-electron chi connectivity index (χ2n) is 7.09. The van der Waals surface area contributed by atoms with Crippen molar-refractivity contribution in [3.8, 4) is 5.75 Å². The van der Waals surface area contributed by atoms with Gasteiger partial charge in [-0.25, -0.2) is 8.42 Å². The van der Waals surface area contributed by atoms with Crippen LogP contribution in [0.3, 0.4) is 0 Å². The van der Waals surface area contributed by atoms with Crippen molar-refractivity contribution >= 4 is 21.6 Å². The van der Waals surface area contributed by atoms with Crippen molar-refractivity contribution in [2.75, 3.05) is 32.8 Å². The maximum atomic E-state index is 13.0. The number of carbonyl (C=O) groups is 1. The number of hydrogen-bond donors (Lipinski definition) is 0. The van der Waals surface area contributed by atoms with E-state index in [2.05, 4.69) is 0 Å². The summed E-state index contributed by atoms with van der Waals surface area (Å²) in [4.78, 5) is 24.3. The zero-order valence-corrected chi connectivity index (χ0v) is 17.6. The number of ether oxygens (including phenoxy) is 1. The van der Waals surface area contributed by atoms with Crippen LogP contribution >= 0.6 is 0 Å². The van der Waals surface area contributed by atoms with Crippen molar-refractivity contribution < 1.29 is 22.9 Å². The summed E-state index contributed by atoms with van der Waals surface area (Å²) in [5.41, 5.74) is 1.25. The van der Waals surface area contributed by atoms with Gasteiger partial charge in [-0.1, -0.05) is 23.8 Å². The number of nitro groups is 1. The van der Waals surface area contributed by atoms with Gasteiger partial charge < -0.3 is 9.64 Å². The van der Waals surface area contributed by atoms with Gasteiger partial charge in [-0.3, -0.25) is 14.9 Å². The number of sulfonamides is 1. The highest BCUT2D eigenvalue weighted by atomic mass is 32.2. The molecule has 1 aliphatic heterocycles. The molecule has 3 rings (SSSR count). The van der Waals surface area contributed by atoms with Crippen molar-refractivity contribution in [1.29, 1.82) is 0 Å². The number of benzene rings is 2. The molecule has 2 aromatic carbocycles. The Morgan fingerprint density at radius 1 is 1.07 bits per heavy atom. The molecule has 1 amide bonds. The summed E-state index contributed by atoms with van der Waals surface area (Å²) >= 11 is 0. The lowest BCUT2D eigenvalue weighted by Gasteiger charge is -2.34. The van der Waals surface area contributed by atoms with Gasteiger partial charge in [0.25, 0.3) is 11.6 Å². The Labute approximate surface area is 175 Å². The SMILES string of the molecule is Cc1ccc(OCC(=O)N2CCN(S(=O)(=O)c3cc([N+](=O)[O-])ccc3C)CC2)cc1. The second-order valence-corrected chi connectivity index (χ2v) is 9.00. The Hall–Kier alpha value is -2.98. The van der Waals surface area contributed by atoms with E-state index in [1.807, 2.05) is 19.1 Å². The minimum absolute atomic E-state index is 0.0841. The fourth-order valence-corrected chi connectivity index (χ4v) is 4.83. The monoisotopic (exact) mass is 433 g/mol. The first-order chi connectivity index (χ1) is 14.2. The molecule has 0 atom stereocenters. The summed E-state index contributed by atoms with van der Waals surface area (Å²) in [7, 11) is -3.90. The number of hydrogen-bond acceptors (Lipinski definition) is 6. The highest BCUT2D eigenvalue weighted by Crippen LogP contribution is 2.25. The van der Waals surface area contributed by atoms with E-state index < -0.39 is 14.9 Å². The van der Waals surface area contributed by atoms with Gasteiger partial charge >= 0.3 is 0 Å². The first kappa shape index (κ1) is 21.7. The molecule has 1 fully saturated rings. The number of rotatable bonds is 6. The molecule has 0 aliphatic carbocycles. The number of nitro benzene ring substituents is 1. The highest BCUT2D eigenvalue weighted by molar-refractivity contribution is 7.89. The number of piperazine rings is 1. The molecule has 0 bridgehead atoms. The summed E-state index contributed by atoms with van der Waals surface area (Å²) in [6.45, 7) is 4.10. The number of aryl methyl sites for hydroxylation is 2. The van der Waals surface area contributed by atoms with E-state index in [1.165, 1.54) is 16.4 Å². The Balaban J connectivity index is 1.61. The van der Waals surface area contributed by atoms with Crippen LogP contribution in [0, 0.1) is 24.0 Å². The minimum Gasteiger partial charge on any atom is -0.484 e. The zero-order valence-electron chi connectivity index (χ0n) is 16.8. The molecular formula is C20H23N3O6S. The van der Waals surface area contributed by atoms with Crippen molar-refractivity contribution in [2.24, 2.45) is 0 Å². The lowest BCUT2D eigenvalue weighted by molar-refractivity contribution is -0.385. The normalized spacial score (nSPS) is 15.1. The number of non-ortho nitro benzene ring substituents is 1. The van der Waals surface area contributed by atoms with Crippen molar-refractivity contribution in [2.45, 2.75) is 18.7 Å². The van der Waals surface area contributed by atoms with E-state index in [0.29, 0.717) is 11.3 Å². The predicted octanol–water partition coefficient (Wildman–Crippen LogP) is 2.12. The van der Waals surface area contributed by atoms with Crippen LogP contribution in [0.4, 0.5) is 5.69 Å². The Morgan fingerprint density at radius 3 is 2.30 bits per heavy atom. The fourth-order valence-electron chi connectivity index (χ4n) is 3.17. The maximum Gasteiger partial charge on any atom is 0.270 e. The van der Waals surface area contributed by atoms with Gasteiger partial charge in [-0.2, -0.15) is 4.31 Å². The molecule has 2 aromatic rings. The lowest BCUT2D eigenvalue weighted by atomic mass is 10.2. The standard InChI is InChI=1S/C20H23N3O6S/c1-15-3-7-18(8-4-15)29-14-20(24)21-9-11-22(12-10-21)30(27,28)19-13-17(23(25)26)6-5-16(19)2/h3-8,13H,9-12,14H2,1-2H3. The predicted molar refractivity (Wildman–Crippen MR) is 110 cm³/mol. The number of nitrogens with zero attached hydrogens (tertiary/aromatic N) is 3. The van der Waals surface area contributed by atoms with Crippen LogP contribution in [0.1, 0.15) is 11.1 Å². The lowest BCUT2D eigenvalue weighted by Crippen LogP contribution is -2.51. The summed E-state index contributed by atoms with van der Waals surface area (Å²) in [6, 6.07) is 11.1. The molecule has 0 radical (unpaired) electrons. The van der Waals surface area contributed by atoms with E-state index in [0.717, 1.165) is 11.6 Å². The number of amides is 1. The Bertz CT molecular complexity index is 1040. The average Bonchev–Trinajstić information content (AvgIpc) is 2.73. The van der Waals surface area contributed by atoms with Crippen LogP contribution < -0.4 is 4.74 Å². The molecule has 1 heterocycles. The summed E-state index contributed by atoms with van der Waals surface area (Å²) in [5.74, 6) is 0.371. The summed E-state index contributed by atoms with van der Waals surface area (Å²) in [5, 5.41) is 11.0. The average molecular weight is 433 g/mol. The van der Waals surface area contributed by atoms with Gasteiger partial charge in [0, 0.05) is 38.3 Å². The highest BCUT2D eigenvalue weighted by Gasteiger charge is 2.32. The quantitative estimate of drug-likeness (QED) is 0.510. The van der Waals surface area contributed by atoms with Gasteiger partial charge in [0.1, 0.15) is 5.75 Å². The molecule has 0 N–H and O–H groups in total. The Kier molecular flexibility index (Phi) is 6.37. The molecular weight excluding hydrogens is 410 g/mol. The van der Waals surface area contributed by atoms with Gasteiger partial charge in [0.2, 0.25) is 10.0 Å². The van der Waals surface area contributed by atoms with Crippen molar-refractivity contribution in [3.05, 3.63) is 63.7 Å². The van der Waals surface area contributed by atoms with Crippen LogP contribution in [0.2, 0.25) is 0 Å². The minimum atomic E-state index is -3.90. The smallest absolute Gasteiger partial charge is 0.270 e. The van der Waals surface area contributed by atoms with Crippen LogP contribution in [0.25, 0.3) is 0 Å². The van der Waals surface area contributed by atoms with E-state index in [9.17, 15) is 23.3 Å². The van der Waals surface area contributed by atoms with Crippen molar-refractivity contribution in [3.63, 3.8) is 0 Å². The molecule has 0 spiro atoms. The van der Waals surface area contributed by atoms with Gasteiger partial charge in [0.15, 0.2) is 6.61 Å². The second kappa shape index (κ2) is 8.80. The van der Waals surface area contributed by atoms with Crippen LogP contribution in [-0.4, -0.2) is 61.2 Å². The van der Waals surface area contributed by atoms with Crippen LogP contribution in [0.5, 0.6) is 5.75 Å². The van der Waals surface area contributed by atoms with E-state index in [-0.39, 0.29) is 49.3 Å².